The fraction of sp³-hybridized carbons (Fsp3) is 0.333. The van der Waals surface area contributed by atoms with Gasteiger partial charge < -0.3 is 4.90 Å². The molecule has 0 saturated heterocycles. The van der Waals surface area contributed by atoms with Crippen LogP contribution in [0, 0.1) is 25.2 Å². The first-order valence-corrected chi connectivity index (χ1v) is 7.39. The number of aromatic nitrogens is 2. The molecule has 5 nitrogen and oxygen atoms in total. The Morgan fingerprint density at radius 1 is 1.33 bits per heavy atom. The summed E-state index contributed by atoms with van der Waals surface area (Å²) in [6, 6.07) is 2.09. The highest BCUT2D eigenvalue weighted by Gasteiger charge is 2.15. The molecule has 0 bridgehead atoms. The van der Waals surface area contributed by atoms with Crippen LogP contribution in [0.15, 0.2) is 30.3 Å². The summed E-state index contributed by atoms with van der Waals surface area (Å²) >= 11 is 1.25. The molecule has 0 N–H and O–H groups in total. The van der Waals surface area contributed by atoms with Gasteiger partial charge in [0.2, 0.25) is 5.91 Å². The molecule has 0 radical (unpaired) electrons. The molecule has 1 rings (SSSR count). The first-order chi connectivity index (χ1) is 10.0. The Balaban J connectivity index is 2.83. The van der Waals surface area contributed by atoms with Gasteiger partial charge in [0.15, 0.2) is 0 Å². The summed E-state index contributed by atoms with van der Waals surface area (Å²) in [4.78, 5) is 22.2. The maximum atomic E-state index is 12.1. The molecule has 0 fully saturated rings. The molecule has 0 atom stereocenters. The zero-order valence-corrected chi connectivity index (χ0v) is 13.1. The number of hydrogen-bond donors (Lipinski definition) is 0. The minimum atomic E-state index is -0.0439. The predicted octanol–water partition coefficient (Wildman–Crippen LogP) is 2.26. The molecule has 0 aromatic carbocycles. The van der Waals surface area contributed by atoms with Crippen molar-refractivity contribution in [1.82, 2.24) is 14.9 Å². The smallest absolute Gasteiger partial charge is 0.233 e. The lowest BCUT2D eigenvalue weighted by atomic mass is 10.3. The molecule has 1 heterocycles. The molecule has 110 valence electrons. The fourth-order valence-corrected chi connectivity index (χ4v) is 2.70. The maximum Gasteiger partial charge on any atom is 0.233 e. The average molecular weight is 302 g/mol. The Kier molecular flexibility index (Phi) is 6.63. The largest absolute Gasteiger partial charge is 0.335 e. The highest BCUT2D eigenvalue weighted by molar-refractivity contribution is 8.00. The van der Waals surface area contributed by atoms with Gasteiger partial charge in [0.25, 0.3) is 0 Å². The second-order valence-electron chi connectivity index (χ2n) is 4.31. The summed E-state index contributed by atoms with van der Waals surface area (Å²) in [6.07, 6.45) is 3.34. The van der Waals surface area contributed by atoms with E-state index in [0.717, 1.165) is 0 Å². The van der Waals surface area contributed by atoms with Crippen LogP contribution < -0.4 is 0 Å². The maximum absolute atomic E-state index is 12.1. The molecule has 0 aliphatic rings. The quantitative estimate of drug-likeness (QED) is 0.439. The normalized spacial score (nSPS) is 9.76. The lowest BCUT2D eigenvalue weighted by molar-refractivity contribution is -0.127. The van der Waals surface area contributed by atoms with Crippen molar-refractivity contribution in [3.63, 3.8) is 0 Å². The van der Waals surface area contributed by atoms with Gasteiger partial charge in [-0.3, -0.25) is 4.79 Å². The standard InChI is InChI=1S/C15H18N4OS/c1-5-7-19(8-6-2)14(20)10-21-15-13(9-16)11(3)17-12(4)18-15/h5-6H,1-2,7-8,10H2,3-4H3. The van der Waals surface area contributed by atoms with Gasteiger partial charge in [-0.05, 0) is 13.8 Å². The SMILES string of the molecule is C=CCN(CC=C)C(=O)CSc1nc(C)nc(C)c1C#N. The number of carbonyl (C=O) groups excluding carboxylic acids is 1. The van der Waals surface area contributed by atoms with Gasteiger partial charge in [-0.2, -0.15) is 5.26 Å². The second-order valence-corrected chi connectivity index (χ2v) is 5.28. The van der Waals surface area contributed by atoms with Crippen molar-refractivity contribution in [2.24, 2.45) is 0 Å². The van der Waals surface area contributed by atoms with Gasteiger partial charge in [0.05, 0.1) is 11.4 Å². The van der Waals surface area contributed by atoms with Crippen LogP contribution in [0.1, 0.15) is 17.1 Å². The molecular formula is C15H18N4OS. The van der Waals surface area contributed by atoms with E-state index in [2.05, 4.69) is 29.2 Å². The van der Waals surface area contributed by atoms with Crippen LogP contribution in [0.2, 0.25) is 0 Å². The molecule has 1 aromatic heterocycles. The molecule has 21 heavy (non-hydrogen) atoms. The van der Waals surface area contributed by atoms with Crippen LogP contribution in [0.4, 0.5) is 0 Å². The van der Waals surface area contributed by atoms with E-state index in [1.54, 1.807) is 30.9 Å². The highest BCUT2D eigenvalue weighted by atomic mass is 32.2. The predicted molar refractivity (Wildman–Crippen MR) is 83.9 cm³/mol. The summed E-state index contributed by atoms with van der Waals surface area (Å²) in [5, 5.41) is 9.72. The third-order valence-electron chi connectivity index (χ3n) is 2.66. The summed E-state index contributed by atoms with van der Waals surface area (Å²) in [5.41, 5.74) is 1.06. The zero-order valence-electron chi connectivity index (χ0n) is 12.3. The van der Waals surface area contributed by atoms with Crippen molar-refractivity contribution in [3.8, 4) is 6.07 Å². The van der Waals surface area contributed by atoms with Crippen molar-refractivity contribution in [3.05, 3.63) is 42.4 Å². The van der Waals surface area contributed by atoms with E-state index < -0.39 is 0 Å². The number of aryl methyl sites for hydroxylation is 2. The van der Waals surface area contributed by atoms with E-state index in [1.165, 1.54) is 11.8 Å². The summed E-state index contributed by atoms with van der Waals surface area (Å²) in [5.74, 6) is 0.764. The van der Waals surface area contributed by atoms with E-state index in [4.69, 9.17) is 5.26 Å². The zero-order chi connectivity index (χ0) is 15.8. The van der Waals surface area contributed by atoms with E-state index in [-0.39, 0.29) is 11.7 Å². The first-order valence-electron chi connectivity index (χ1n) is 6.41. The van der Waals surface area contributed by atoms with Crippen LogP contribution in [0.5, 0.6) is 0 Å². The Morgan fingerprint density at radius 2 is 1.95 bits per heavy atom. The lowest BCUT2D eigenvalue weighted by Gasteiger charge is -2.19. The van der Waals surface area contributed by atoms with Gasteiger partial charge in [-0.25, -0.2) is 9.97 Å². The molecule has 0 spiro atoms. The molecule has 0 aliphatic heterocycles. The molecule has 0 saturated carbocycles. The van der Waals surface area contributed by atoms with E-state index in [0.29, 0.717) is 35.2 Å². The average Bonchev–Trinajstić information content (AvgIpc) is 2.44. The number of carbonyl (C=O) groups is 1. The number of nitrogens with zero attached hydrogens (tertiary/aromatic N) is 4. The molecular weight excluding hydrogens is 284 g/mol. The van der Waals surface area contributed by atoms with Gasteiger partial charge in [-0.15, -0.1) is 13.2 Å². The molecule has 1 aromatic rings. The van der Waals surface area contributed by atoms with Crippen molar-refractivity contribution in [2.75, 3.05) is 18.8 Å². The van der Waals surface area contributed by atoms with E-state index >= 15 is 0 Å². The van der Waals surface area contributed by atoms with Crippen LogP contribution in [0.25, 0.3) is 0 Å². The second kappa shape index (κ2) is 8.22. The van der Waals surface area contributed by atoms with Gasteiger partial charge in [0, 0.05) is 13.1 Å². The topological polar surface area (TPSA) is 69.9 Å². The third-order valence-corrected chi connectivity index (χ3v) is 3.62. The summed E-state index contributed by atoms with van der Waals surface area (Å²) < 4.78 is 0. The third kappa shape index (κ3) is 4.72. The first kappa shape index (κ1) is 16.9. The van der Waals surface area contributed by atoms with Gasteiger partial charge in [0.1, 0.15) is 22.5 Å². The Bertz CT molecular complexity index is 582. The molecule has 1 amide bonds. The molecule has 6 heteroatoms. The molecule has 0 aliphatic carbocycles. The fourth-order valence-electron chi connectivity index (χ4n) is 1.73. The van der Waals surface area contributed by atoms with Crippen LogP contribution in [0.3, 0.4) is 0 Å². The monoisotopic (exact) mass is 302 g/mol. The minimum Gasteiger partial charge on any atom is -0.335 e. The van der Waals surface area contributed by atoms with Crippen LogP contribution >= 0.6 is 11.8 Å². The minimum absolute atomic E-state index is 0.0439. The number of nitriles is 1. The van der Waals surface area contributed by atoms with Crippen LogP contribution in [-0.4, -0.2) is 39.6 Å². The molecule has 0 unspecified atom stereocenters. The van der Waals surface area contributed by atoms with Crippen molar-refractivity contribution < 1.29 is 4.79 Å². The van der Waals surface area contributed by atoms with Crippen molar-refractivity contribution >= 4 is 17.7 Å². The van der Waals surface area contributed by atoms with Gasteiger partial charge >= 0.3 is 0 Å². The number of thioether (sulfide) groups is 1. The van der Waals surface area contributed by atoms with Crippen molar-refractivity contribution in [1.29, 1.82) is 5.26 Å². The summed E-state index contributed by atoms with van der Waals surface area (Å²) in [6.45, 7) is 11.7. The van der Waals surface area contributed by atoms with Crippen LogP contribution in [-0.2, 0) is 4.79 Å². The Labute approximate surface area is 129 Å². The van der Waals surface area contributed by atoms with E-state index in [1.807, 2.05) is 0 Å². The summed E-state index contributed by atoms with van der Waals surface area (Å²) in [7, 11) is 0. The number of rotatable bonds is 7. The van der Waals surface area contributed by atoms with Gasteiger partial charge in [-0.1, -0.05) is 23.9 Å². The Hall–Kier alpha value is -2.13. The number of hydrogen-bond acceptors (Lipinski definition) is 5. The Morgan fingerprint density at radius 3 is 2.48 bits per heavy atom. The lowest BCUT2D eigenvalue weighted by Crippen LogP contribution is -2.32. The highest BCUT2D eigenvalue weighted by Crippen LogP contribution is 2.22. The van der Waals surface area contributed by atoms with E-state index in [9.17, 15) is 4.79 Å². The number of amides is 1. The van der Waals surface area contributed by atoms with Crippen molar-refractivity contribution in [2.45, 2.75) is 18.9 Å².